The lowest BCUT2D eigenvalue weighted by Gasteiger charge is -2.23. The average molecular weight is 332 g/mol. The molecule has 0 saturated heterocycles. The highest BCUT2D eigenvalue weighted by atomic mass is 32.2. The summed E-state index contributed by atoms with van der Waals surface area (Å²) < 4.78 is 27.4. The van der Waals surface area contributed by atoms with E-state index >= 15 is 0 Å². The van der Waals surface area contributed by atoms with E-state index in [9.17, 15) is 8.42 Å². The van der Waals surface area contributed by atoms with Crippen LogP contribution in [-0.4, -0.2) is 44.6 Å². The fourth-order valence-electron chi connectivity index (χ4n) is 2.73. The third-order valence-corrected chi connectivity index (χ3v) is 7.27. The Bertz CT molecular complexity index is 563. The Kier molecular flexibility index (Phi) is 5.79. The van der Waals surface area contributed by atoms with Gasteiger partial charge in [-0.1, -0.05) is 12.8 Å². The summed E-state index contributed by atoms with van der Waals surface area (Å²) in [4.78, 5) is 2.95. The van der Waals surface area contributed by atoms with Crippen molar-refractivity contribution in [2.75, 3.05) is 20.1 Å². The second-order valence-electron chi connectivity index (χ2n) is 5.65. The highest BCUT2D eigenvalue weighted by Gasteiger charge is 2.21. The zero-order chi connectivity index (χ0) is 15.5. The van der Waals surface area contributed by atoms with Gasteiger partial charge in [-0.25, -0.2) is 13.1 Å². The van der Waals surface area contributed by atoms with E-state index in [0.717, 1.165) is 23.4 Å². The Hall–Kier alpha value is -0.470. The number of nitrogens with one attached hydrogen (secondary N) is 1. The van der Waals surface area contributed by atoms with Crippen molar-refractivity contribution in [2.24, 2.45) is 0 Å². The molecule has 7 heteroatoms. The van der Waals surface area contributed by atoms with Gasteiger partial charge in [0, 0.05) is 24.0 Å². The Morgan fingerprint density at radius 3 is 2.67 bits per heavy atom. The van der Waals surface area contributed by atoms with Crippen LogP contribution in [0.25, 0.3) is 0 Å². The molecule has 0 amide bonds. The first-order valence-corrected chi connectivity index (χ1v) is 9.64. The molecule has 0 spiro atoms. The SMILES string of the molecule is Cc1cc(S(=O)(=O)NCCN(C)C2CCCC2)sc1CO. The standard InChI is InChI=1S/C14H24N2O3S2/c1-11-9-14(20-13(11)10-17)21(18,19)15-7-8-16(2)12-5-3-4-6-12/h9,12,15,17H,3-8,10H2,1-2H3. The molecule has 0 radical (unpaired) electrons. The predicted octanol–water partition coefficient (Wildman–Crippen LogP) is 1.70. The summed E-state index contributed by atoms with van der Waals surface area (Å²) in [5.41, 5.74) is 0.825. The van der Waals surface area contributed by atoms with E-state index in [1.54, 1.807) is 6.07 Å². The summed E-state index contributed by atoms with van der Waals surface area (Å²) >= 11 is 1.14. The van der Waals surface area contributed by atoms with Gasteiger partial charge in [0.1, 0.15) is 4.21 Å². The Labute approximate surface area is 131 Å². The molecule has 0 aliphatic heterocycles. The Balaban J connectivity index is 1.88. The number of aliphatic hydroxyl groups excluding tert-OH is 1. The molecule has 2 rings (SSSR count). The van der Waals surface area contributed by atoms with Crippen LogP contribution in [0.5, 0.6) is 0 Å². The second-order valence-corrected chi connectivity index (χ2v) is 8.78. The summed E-state index contributed by atoms with van der Waals surface area (Å²) in [5.74, 6) is 0. The fraction of sp³-hybridized carbons (Fsp3) is 0.714. The maximum atomic E-state index is 12.2. The van der Waals surface area contributed by atoms with E-state index in [2.05, 4.69) is 16.7 Å². The van der Waals surface area contributed by atoms with Crippen LogP contribution in [0.1, 0.15) is 36.1 Å². The van der Waals surface area contributed by atoms with Crippen molar-refractivity contribution < 1.29 is 13.5 Å². The molecule has 1 aromatic rings. The van der Waals surface area contributed by atoms with Gasteiger partial charge in [-0.15, -0.1) is 11.3 Å². The minimum Gasteiger partial charge on any atom is -0.391 e. The first-order chi connectivity index (χ1) is 9.94. The number of hydrogen-bond donors (Lipinski definition) is 2. The molecular weight excluding hydrogens is 308 g/mol. The van der Waals surface area contributed by atoms with E-state index in [1.807, 2.05) is 6.92 Å². The molecule has 0 atom stereocenters. The minimum atomic E-state index is -3.46. The highest BCUT2D eigenvalue weighted by molar-refractivity contribution is 7.91. The van der Waals surface area contributed by atoms with E-state index < -0.39 is 10.0 Å². The molecule has 21 heavy (non-hydrogen) atoms. The summed E-state index contributed by atoms with van der Waals surface area (Å²) in [6.45, 7) is 2.84. The van der Waals surface area contributed by atoms with Crippen molar-refractivity contribution >= 4 is 21.4 Å². The largest absolute Gasteiger partial charge is 0.391 e. The maximum absolute atomic E-state index is 12.2. The van der Waals surface area contributed by atoms with Crippen LogP contribution in [0.3, 0.4) is 0 Å². The van der Waals surface area contributed by atoms with Gasteiger partial charge >= 0.3 is 0 Å². The number of rotatable bonds is 7. The molecule has 2 N–H and O–H groups in total. The molecule has 5 nitrogen and oxygen atoms in total. The van der Waals surface area contributed by atoms with Gasteiger partial charge < -0.3 is 10.0 Å². The van der Waals surface area contributed by atoms with Crippen molar-refractivity contribution in [3.63, 3.8) is 0 Å². The topological polar surface area (TPSA) is 69.6 Å². The van der Waals surface area contributed by atoms with Gasteiger partial charge in [-0.2, -0.15) is 0 Å². The van der Waals surface area contributed by atoms with Crippen LogP contribution in [0.2, 0.25) is 0 Å². The summed E-state index contributed by atoms with van der Waals surface area (Å²) in [6, 6.07) is 2.22. The predicted molar refractivity (Wildman–Crippen MR) is 85.1 cm³/mol. The lowest BCUT2D eigenvalue weighted by molar-refractivity contribution is 0.250. The second kappa shape index (κ2) is 7.19. The smallest absolute Gasteiger partial charge is 0.250 e. The first-order valence-electron chi connectivity index (χ1n) is 7.34. The summed E-state index contributed by atoms with van der Waals surface area (Å²) in [7, 11) is -1.40. The molecule has 120 valence electrons. The van der Waals surface area contributed by atoms with Crippen molar-refractivity contribution in [2.45, 2.75) is 49.5 Å². The molecule has 1 heterocycles. The van der Waals surface area contributed by atoms with Crippen molar-refractivity contribution in [3.8, 4) is 0 Å². The molecule has 0 unspecified atom stereocenters. The summed E-state index contributed by atoms with van der Waals surface area (Å²) in [6.07, 6.45) is 4.98. The third-order valence-electron chi connectivity index (χ3n) is 4.11. The maximum Gasteiger partial charge on any atom is 0.250 e. The number of likely N-dealkylation sites (N-methyl/N-ethyl adjacent to an activating group) is 1. The van der Waals surface area contributed by atoms with Gasteiger partial charge in [0.2, 0.25) is 10.0 Å². The van der Waals surface area contributed by atoms with Gasteiger partial charge in [0.15, 0.2) is 0 Å². The molecule has 1 aromatic heterocycles. The van der Waals surface area contributed by atoms with E-state index in [0.29, 0.717) is 17.5 Å². The zero-order valence-electron chi connectivity index (χ0n) is 12.6. The van der Waals surface area contributed by atoms with Crippen LogP contribution in [0, 0.1) is 6.92 Å². The number of thiophene rings is 1. The molecular formula is C14H24N2O3S2. The molecule has 0 bridgehead atoms. The number of aliphatic hydroxyl groups is 1. The van der Waals surface area contributed by atoms with E-state index in [-0.39, 0.29) is 10.8 Å². The summed E-state index contributed by atoms with van der Waals surface area (Å²) in [5, 5.41) is 9.16. The van der Waals surface area contributed by atoms with Crippen molar-refractivity contribution in [1.82, 2.24) is 9.62 Å². The molecule has 1 fully saturated rings. The van der Waals surface area contributed by atoms with Crippen molar-refractivity contribution in [3.05, 3.63) is 16.5 Å². The fourth-order valence-corrected chi connectivity index (χ4v) is 5.25. The van der Waals surface area contributed by atoms with Gasteiger partial charge in [-0.05, 0) is 38.4 Å². The molecule has 0 aromatic carbocycles. The molecule has 1 aliphatic rings. The lowest BCUT2D eigenvalue weighted by atomic mass is 10.2. The minimum absolute atomic E-state index is 0.115. The lowest BCUT2D eigenvalue weighted by Crippen LogP contribution is -2.37. The monoisotopic (exact) mass is 332 g/mol. The molecule has 1 aliphatic carbocycles. The Morgan fingerprint density at radius 2 is 2.10 bits per heavy atom. The van der Waals surface area contributed by atoms with Gasteiger partial charge in [0.05, 0.1) is 6.61 Å². The molecule has 1 saturated carbocycles. The van der Waals surface area contributed by atoms with Gasteiger partial charge in [0.25, 0.3) is 0 Å². The van der Waals surface area contributed by atoms with Crippen LogP contribution >= 0.6 is 11.3 Å². The quantitative estimate of drug-likeness (QED) is 0.797. The normalized spacial score (nSPS) is 17.0. The van der Waals surface area contributed by atoms with Crippen LogP contribution < -0.4 is 4.72 Å². The van der Waals surface area contributed by atoms with Crippen LogP contribution in [0.15, 0.2) is 10.3 Å². The number of nitrogens with zero attached hydrogens (tertiary/aromatic N) is 1. The number of sulfonamides is 1. The first kappa shape index (κ1) is 16.9. The number of hydrogen-bond acceptors (Lipinski definition) is 5. The van der Waals surface area contributed by atoms with Crippen LogP contribution in [-0.2, 0) is 16.6 Å². The van der Waals surface area contributed by atoms with Gasteiger partial charge in [-0.3, -0.25) is 0 Å². The zero-order valence-corrected chi connectivity index (χ0v) is 14.3. The average Bonchev–Trinajstić information content (AvgIpc) is 3.07. The third kappa shape index (κ3) is 4.26. The van der Waals surface area contributed by atoms with Crippen LogP contribution in [0.4, 0.5) is 0 Å². The number of aryl methyl sites for hydroxylation is 1. The highest BCUT2D eigenvalue weighted by Crippen LogP contribution is 2.26. The Morgan fingerprint density at radius 1 is 1.43 bits per heavy atom. The van der Waals surface area contributed by atoms with Crippen molar-refractivity contribution in [1.29, 1.82) is 0 Å². The van der Waals surface area contributed by atoms with E-state index in [1.165, 1.54) is 25.7 Å². The van der Waals surface area contributed by atoms with E-state index in [4.69, 9.17) is 5.11 Å².